The summed E-state index contributed by atoms with van der Waals surface area (Å²) in [5.74, 6) is 0. The van der Waals surface area contributed by atoms with Crippen LogP contribution < -0.4 is 0 Å². The summed E-state index contributed by atoms with van der Waals surface area (Å²) < 4.78 is 2.46. The summed E-state index contributed by atoms with van der Waals surface area (Å²) in [6.45, 7) is 4.51. The molecule has 8 aromatic carbocycles. The van der Waals surface area contributed by atoms with Crippen molar-refractivity contribution in [3.63, 3.8) is 0 Å². The summed E-state index contributed by atoms with van der Waals surface area (Å²) >= 11 is 1.83. The van der Waals surface area contributed by atoms with Crippen LogP contribution >= 0.6 is 11.3 Å². The number of hydrogen-bond acceptors (Lipinski definition) is 4. The number of aromatic nitrogens is 3. The van der Waals surface area contributed by atoms with E-state index in [1.54, 1.807) is 0 Å². The molecule has 0 atom stereocenters. The molecule has 2 heterocycles. The third-order valence-corrected chi connectivity index (χ3v) is 13.1. The third-order valence-electron chi connectivity index (χ3n) is 12.0. The second-order valence-corrected chi connectivity index (χ2v) is 16.3. The number of fused-ring (bicyclic) bond motifs is 6. The van der Waals surface area contributed by atoms with Crippen molar-refractivity contribution < 1.29 is 0 Å². The minimum atomic E-state index is 0.836. The van der Waals surface area contributed by atoms with Crippen LogP contribution in [0, 0.1) is 13.8 Å². The average Bonchev–Trinajstić information content (AvgIpc) is 3.85. The van der Waals surface area contributed by atoms with Gasteiger partial charge in [-0.1, -0.05) is 164 Å². The van der Waals surface area contributed by atoms with E-state index in [2.05, 4.69) is 195 Å². The highest BCUT2D eigenvalue weighted by Gasteiger charge is 2.31. The van der Waals surface area contributed by atoms with Gasteiger partial charge in [0.15, 0.2) is 0 Å². The van der Waals surface area contributed by atoms with Gasteiger partial charge in [-0.25, -0.2) is 0 Å². The average molecular weight is 760 g/mol. The van der Waals surface area contributed by atoms with E-state index < -0.39 is 0 Å². The molecule has 0 fully saturated rings. The van der Waals surface area contributed by atoms with Crippen molar-refractivity contribution >= 4 is 31.5 Å². The molecule has 0 bridgehead atoms. The lowest BCUT2D eigenvalue weighted by Crippen LogP contribution is -2.05. The van der Waals surface area contributed by atoms with Crippen LogP contribution in [0.4, 0.5) is 0 Å². The van der Waals surface area contributed by atoms with Crippen LogP contribution in [0.3, 0.4) is 0 Å². The van der Waals surface area contributed by atoms with Crippen LogP contribution in [-0.4, -0.2) is 15.4 Å². The van der Waals surface area contributed by atoms with Crippen LogP contribution in [-0.2, 0) is 6.42 Å². The molecule has 0 amide bonds. The molecule has 10 aromatic rings. The molecule has 1 aliphatic carbocycles. The van der Waals surface area contributed by atoms with Gasteiger partial charge in [0, 0.05) is 36.9 Å². The number of thiophene rings is 1. The van der Waals surface area contributed by atoms with E-state index in [0.717, 1.165) is 51.2 Å². The van der Waals surface area contributed by atoms with Gasteiger partial charge < -0.3 is 0 Å². The molecule has 1 aliphatic rings. The van der Waals surface area contributed by atoms with Crippen molar-refractivity contribution in [1.82, 2.24) is 15.4 Å². The molecular formula is C54H37N3S. The standard InChI is InChI=1S/C54H37N3S/c1-33-31-45-39-23-10-9-21-37(39)32-46(45)49(34(33)2)52-53(36-19-7-4-8-20-36)55-57-56-54(52)51-43(29-30-48-50(51)44-27-15-16-28-47(44)58-48)42-26-14-13-25-41(42)40-24-12-11-22-38(40)35-17-5-3-6-18-35/h3-31H,32H2,1-2H3. The van der Waals surface area contributed by atoms with Gasteiger partial charge in [-0.3, -0.25) is 0 Å². The third kappa shape index (κ3) is 5.44. The molecule has 11 rings (SSSR count). The highest BCUT2D eigenvalue weighted by molar-refractivity contribution is 7.26. The lowest BCUT2D eigenvalue weighted by atomic mass is 9.82. The minimum absolute atomic E-state index is 0.836. The molecule has 0 radical (unpaired) electrons. The number of benzene rings is 8. The quantitative estimate of drug-likeness (QED) is 0.169. The van der Waals surface area contributed by atoms with Crippen molar-refractivity contribution in [1.29, 1.82) is 0 Å². The van der Waals surface area contributed by atoms with E-state index in [1.807, 2.05) is 11.3 Å². The van der Waals surface area contributed by atoms with Crippen LogP contribution in [0.1, 0.15) is 22.3 Å². The maximum absolute atomic E-state index is 5.19. The summed E-state index contributed by atoms with van der Waals surface area (Å²) in [6.07, 6.45) is 0.843. The molecule has 4 heteroatoms. The van der Waals surface area contributed by atoms with Crippen molar-refractivity contribution in [3.05, 3.63) is 198 Å². The van der Waals surface area contributed by atoms with Crippen molar-refractivity contribution in [3.8, 4) is 78.1 Å². The second kappa shape index (κ2) is 13.9. The Kier molecular flexibility index (Phi) is 8.19. The molecule has 274 valence electrons. The molecule has 2 aromatic heterocycles. The second-order valence-electron chi connectivity index (χ2n) is 15.2. The van der Waals surface area contributed by atoms with Gasteiger partial charge in [0.2, 0.25) is 0 Å². The summed E-state index contributed by atoms with van der Waals surface area (Å²) in [7, 11) is 0. The van der Waals surface area contributed by atoms with E-state index in [1.165, 1.54) is 75.8 Å². The monoisotopic (exact) mass is 759 g/mol. The van der Waals surface area contributed by atoms with Crippen LogP contribution in [0.2, 0.25) is 0 Å². The van der Waals surface area contributed by atoms with Crippen LogP contribution in [0.15, 0.2) is 176 Å². The molecule has 3 nitrogen and oxygen atoms in total. The molecule has 0 aliphatic heterocycles. The fourth-order valence-electron chi connectivity index (χ4n) is 9.22. The topological polar surface area (TPSA) is 38.7 Å². The molecule has 0 saturated heterocycles. The fourth-order valence-corrected chi connectivity index (χ4v) is 10.3. The number of aryl methyl sites for hydroxylation is 1. The number of nitrogens with zero attached hydrogens (tertiary/aromatic N) is 3. The lowest BCUT2D eigenvalue weighted by Gasteiger charge is -2.22. The number of hydrogen-bond donors (Lipinski definition) is 0. The van der Waals surface area contributed by atoms with Crippen molar-refractivity contribution in [2.75, 3.05) is 0 Å². The first-order chi connectivity index (χ1) is 28.6. The Morgan fingerprint density at radius 3 is 1.78 bits per heavy atom. The van der Waals surface area contributed by atoms with Gasteiger partial charge in [0.05, 0.1) is 0 Å². The first kappa shape index (κ1) is 34.3. The first-order valence-electron chi connectivity index (χ1n) is 19.8. The van der Waals surface area contributed by atoms with Crippen molar-refractivity contribution in [2.45, 2.75) is 20.3 Å². The Bertz CT molecular complexity index is 3220. The van der Waals surface area contributed by atoms with Gasteiger partial charge >= 0.3 is 0 Å². The summed E-state index contributed by atoms with van der Waals surface area (Å²) in [4.78, 5) is 0. The highest BCUT2D eigenvalue weighted by Crippen LogP contribution is 2.53. The van der Waals surface area contributed by atoms with E-state index >= 15 is 0 Å². The predicted molar refractivity (Wildman–Crippen MR) is 243 cm³/mol. The van der Waals surface area contributed by atoms with Gasteiger partial charge in [0.25, 0.3) is 0 Å². The maximum atomic E-state index is 5.19. The molecule has 0 saturated carbocycles. The number of rotatable bonds is 6. The Hall–Kier alpha value is -7.01. The van der Waals surface area contributed by atoms with Gasteiger partial charge in [-0.15, -0.1) is 21.5 Å². The summed E-state index contributed by atoms with van der Waals surface area (Å²) in [6, 6.07) is 63.5. The Labute approximate surface area is 342 Å². The molecular weight excluding hydrogens is 723 g/mol. The van der Waals surface area contributed by atoms with Gasteiger partial charge in [-0.2, -0.15) is 0 Å². The smallest absolute Gasteiger partial charge is 0.106 e. The normalized spacial score (nSPS) is 11.9. The van der Waals surface area contributed by atoms with Gasteiger partial charge in [0.1, 0.15) is 11.4 Å². The summed E-state index contributed by atoms with van der Waals surface area (Å²) in [5, 5.41) is 17.2. The summed E-state index contributed by atoms with van der Waals surface area (Å²) in [5.41, 5.74) is 20.7. The van der Waals surface area contributed by atoms with Gasteiger partial charge in [-0.05, 0) is 110 Å². The van der Waals surface area contributed by atoms with E-state index in [0.29, 0.717) is 0 Å². The molecule has 0 unspecified atom stereocenters. The maximum Gasteiger partial charge on any atom is 0.106 e. The van der Waals surface area contributed by atoms with Crippen LogP contribution in [0.5, 0.6) is 0 Å². The fraction of sp³-hybridized carbons (Fsp3) is 0.0556. The highest BCUT2D eigenvalue weighted by atomic mass is 32.1. The predicted octanol–water partition coefficient (Wildman–Crippen LogP) is 14.4. The lowest BCUT2D eigenvalue weighted by molar-refractivity contribution is 0.878. The van der Waals surface area contributed by atoms with Crippen LogP contribution in [0.25, 0.3) is 98.3 Å². The largest absolute Gasteiger partial charge is 0.135 e. The SMILES string of the molecule is Cc1cc2c(c(-c3c(-c4ccccc4)nnnc3-c3c(-c4ccccc4-c4ccccc4-c4ccccc4)ccc4sc5ccccc5c34)c1C)Cc1ccccc1-2. The first-order valence-corrected chi connectivity index (χ1v) is 20.6. The Morgan fingerprint density at radius 2 is 1.02 bits per heavy atom. The Morgan fingerprint density at radius 1 is 0.431 bits per heavy atom. The zero-order valence-corrected chi connectivity index (χ0v) is 33.0. The Balaban J connectivity index is 1.28. The molecule has 0 spiro atoms. The van der Waals surface area contributed by atoms with E-state index in [4.69, 9.17) is 10.2 Å². The van der Waals surface area contributed by atoms with Crippen molar-refractivity contribution in [2.24, 2.45) is 0 Å². The zero-order valence-electron chi connectivity index (χ0n) is 32.2. The minimum Gasteiger partial charge on any atom is -0.135 e. The van der Waals surface area contributed by atoms with E-state index in [-0.39, 0.29) is 0 Å². The molecule has 58 heavy (non-hydrogen) atoms. The molecule has 0 N–H and O–H groups in total. The zero-order chi connectivity index (χ0) is 38.7. The van der Waals surface area contributed by atoms with E-state index in [9.17, 15) is 0 Å².